The molecule has 0 bridgehead atoms. The molecule has 124 valence electrons. The minimum Gasteiger partial charge on any atom is -0.496 e. The first-order chi connectivity index (χ1) is 10.6. The third-order valence-electron chi connectivity index (χ3n) is 4.26. The molecule has 3 nitrogen and oxygen atoms in total. The SMILES string of the molecule is CCCCCCCCCCc1ccc(C(N)=O)c(C)c1OC. The quantitative estimate of drug-likeness (QED) is 0.598. The fourth-order valence-electron chi connectivity index (χ4n) is 2.95. The Kier molecular flexibility index (Phi) is 8.64. The van der Waals surface area contributed by atoms with Crippen LogP contribution in [0.3, 0.4) is 0 Å². The first-order valence-electron chi connectivity index (χ1n) is 8.58. The fourth-order valence-corrected chi connectivity index (χ4v) is 2.95. The van der Waals surface area contributed by atoms with Crippen molar-refractivity contribution in [1.29, 1.82) is 0 Å². The van der Waals surface area contributed by atoms with Gasteiger partial charge in [-0.15, -0.1) is 0 Å². The second-order valence-electron chi connectivity index (χ2n) is 6.02. The summed E-state index contributed by atoms with van der Waals surface area (Å²) in [5, 5.41) is 0. The molecule has 0 aliphatic carbocycles. The second kappa shape index (κ2) is 10.3. The Labute approximate surface area is 135 Å². The first-order valence-corrected chi connectivity index (χ1v) is 8.58. The van der Waals surface area contributed by atoms with Crippen LogP contribution >= 0.6 is 0 Å². The van der Waals surface area contributed by atoms with Crippen LogP contribution in [0.4, 0.5) is 0 Å². The lowest BCUT2D eigenvalue weighted by Gasteiger charge is -2.13. The Bertz CT molecular complexity index is 469. The van der Waals surface area contributed by atoms with Crippen LogP contribution in [-0.2, 0) is 6.42 Å². The summed E-state index contributed by atoms with van der Waals surface area (Å²) in [5.41, 5.74) is 7.97. The van der Waals surface area contributed by atoms with Gasteiger partial charge >= 0.3 is 0 Å². The zero-order valence-electron chi connectivity index (χ0n) is 14.4. The molecule has 0 aliphatic rings. The average molecular weight is 305 g/mol. The maximum absolute atomic E-state index is 11.4. The van der Waals surface area contributed by atoms with Gasteiger partial charge in [-0.1, -0.05) is 57.9 Å². The van der Waals surface area contributed by atoms with E-state index >= 15 is 0 Å². The van der Waals surface area contributed by atoms with Crippen LogP contribution in [0.1, 0.15) is 79.8 Å². The van der Waals surface area contributed by atoms with Crippen molar-refractivity contribution in [3.05, 3.63) is 28.8 Å². The third kappa shape index (κ3) is 5.70. The van der Waals surface area contributed by atoms with Gasteiger partial charge in [0.05, 0.1) is 7.11 Å². The summed E-state index contributed by atoms with van der Waals surface area (Å²) in [6.07, 6.45) is 11.5. The van der Waals surface area contributed by atoms with E-state index in [0.717, 1.165) is 17.7 Å². The van der Waals surface area contributed by atoms with Crippen LogP contribution in [0, 0.1) is 6.92 Å². The zero-order chi connectivity index (χ0) is 16.4. The summed E-state index contributed by atoms with van der Waals surface area (Å²) >= 11 is 0. The van der Waals surface area contributed by atoms with Gasteiger partial charge in [0.15, 0.2) is 0 Å². The number of primary amides is 1. The minimum absolute atomic E-state index is 0.394. The van der Waals surface area contributed by atoms with Crippen LogP contribution in [0.5, 0.6) is 5.75 Å². The van der Waals surface area contributed by atoms with Gasteiger partial charge < -0.3 is 10.5 Å². The highest BCUT2D eigenvalue weighted by Gasteiger charge is 2.13. The van der Waals surface area contributed by atoms with Crippen molar-refractivity contribution in [2.75, 3.05) is 7.11 Å². The highest BCUT2D eigenvalue weighted by Crippen LogP contribution is 2.28. The summed E-state index contributed by atoms with van der Waals surface area (Å²) in [7, 11) is 1.66. The van der Waals surface area contributed by atoms with Crippen LogP contribution < -0.4 is 10.5 Å². The molecule has 0 aliphatic heterocycles. The topological polar surface area (TPSA) is 52.3 Å². The van der Waals surface area contributed by atoms with Crippen LogP contribution in [-0.4, -0.2) is 13.0 Å². The molecule has 0 saturated carbocycles. The van der Waals surface area contributed by atoms with E-state index in [-0.39, 0.29) is 0 Å². The average Bonchev–Trinajstić information content (AvgIpc) is 2.49. The van der Waals surface area contributed by atoms with E-state index in [1.54, 1.807) is 7.11 Å². The molecule has 0 fully saturated rings. The lowest BCUT2D eigenvalue weighted by Crippen LogP contribution is -2.13. The molecule has 0 radical (unpaired) electrons. The van der Waals surface area contributed by atoms with Gasteiger partial charge in [0, 0.05) is 11.1 Å². The number of benzene rings is 1. The second-order valence-corrected chi connectivity index (χ2v) is 6.02. The molecule has 0 unspecified atom stereocenters. The van der Waals surface area contributed by atoms with Crippen molar-refractivity contribution in [3.63, 3.8) is 0 Å². The molecule has 2 N–H and O–H groups in total. The van der Waals surface area contributed by atoms with E-state index in [0.29, 0.717) is 5.56 Å². The van der Waals surface area contributed by atoms with E-state index in [1.807, 2.05) is 19.1 Å². The maximum atomic E-state index is 11.4. The number of carbonyl (C=O) groups is 1. The molecule has 1 amide bonds. The van der Waals surface area contributed by atoms with E-state index in [2.05, 4.69) is 6.92 Å². The molecule has 0 saturated heterocycles. The molecular formula is C19H31NO2. The van der Waals surface area contributed by atoms with E-state index in [1.165, 1.54) is 56.9 Å². The molecular weight excluding hydrogens is 274 g/mol. The van der Waals surface area contributed by atoms with E-state index < -0.39 is 5.91 Å². The number of carbonyl (C=O) groups excluding carboxylic acids is 1. The third-order valence-corrected chi connectivity index (χ3v) is 4.26. The van der Waals surface area contributed by atoms with E-state index in [4.69, 9.17) is 10.5 Å². The number of aryl methyl sites for hydroxylation is 1. The molecule has 0 heterocycles. The van der Waals surface area contributed by atoms with Crippen molar-refractivity contribution < 1.29 is 9.53 Å². The van der Waals surface area contributed by atoms with Crippen molar-refractivity contribution >= 4 is 5.91 Å². The van der Waals surface area contributed by atoms with Crippen LogP contribution in [0.15, 0.2) is 12.1 Å². The number of nitrogens with two attached hydrogens (primary N) is 1. The normalized spacial score (nSPS) is 10.7. The fraction of sp³-hybridized carbons (Fsp3) is 0.632. The number of unbranched alkanes of at least 4 members (excludes halogenated alkanes) is 7. The predicted octanol–water partition coefficient (Wildman–Crippen LogP) is 4.79. The molecule has 1 aromatic rings. The smallest absolute Gasteiger partial charge is 0.249 e. The molecule has 0 atom stereocenters. The Hall–Kier alpha value is -1.51. The van der Waals surface area contributed by atoms with Gasteiger partial charge in [0.2, 0.25) is 5.91 Å². The van der Waals surface area contributed by atoms with Crippen molar-refractivity contribution in [1.82, 2.24) is 0 Å². The number of rotatable bonds is 11. The maximum Gasteiger partial charge on any atom is 0.249 e. The molecule has 3 heteroatoms. The molecule has 1 aromatic carbocycles. The Morgan fingerprint density at radius 2 is 1.64 bits per heavy atom. The Balaban J connectivity index is 2.43. The molecule has 22 heavy (non-hydrogen) atoms. The van der Waals surface area contributed by atoms with Crippen LogP contribution in [0.25, 0.3) is 0 Å². The lowest BCUT2D eigenvalue weighted by atomic mass is 9.98. The lowest BCUT2D eigenvalue weighted by molar-refractivity contribution is 0.0999. The highest BCUT2D eigenvalue weighted by molar-refractivity contribution is 5.95. The van der Waals surface area contributed by atoms with Gasteiger partial charge in [-0.3, -0.25) is 4.79 Å². The van der Waals surface area contributed by atoms with Gasteiger partial charge in [-0.2, -0.15) is 0 Å². The summed E-state index contributed by atoms with van der Waals surface area (Å²) in [6, 6.07) is 3.80. The Morgan fingerprint density at radius 1 is 1.05 bits per heavy atom. The van der Waals surface area contributed by atoms with Gasteiger partial charge in [-0.25, -0.2) is 0 Å². The monoisotopic (exact) mass is 305 g/mol. The van der Waals surface area contributed by atoms with Crippen LogP contribution in [0.2, 0.25) is 0 Å². The standard InChI is InChI=1S/C19H31NO2/c1-4-5-6-7-8-9-10-11-12-16-13-14-17(19(20)21)15(2)18(16)22-3/h13-14H,4-12H2,1-3H3,(H2,20,21). The van der Waals surface area contributed by atoms with Crippen molar-refractivity contribution in [2.45, 2.75) is 71.6 Å². The summed E-state index contributed by atoms with van der Waals surface area (Å²) in [6.45, 7) is 4.15. The number of ether oxygens (including phenoxy) is 1. The summed E-state index contributed by atoms with van der Waals surface area (Å²) < 4.78 is 5.48. The highest BCUT2D eigenvalue weighted by atomic mass is 16.5. The molecule has 1 rings (SSSR count). The number of methoxy groups -OCH3 is 1. The number of hydrogen-bond acceptors (Lipinski definition) is 2. The first kappa shape index (κ1) is 18.5. The zero-order valence-corrected chi connectivity index (χ0v) is 14.4. The summed E-state index contributed by atoms with van der Waals surface area (Å²) in [4.78, 5) is 11.4. The minimum atomic E-state index is -0.394. The van der Waals surface area contributed by atoms with Gasteiger partial charge in [0.25, 0.3) is 0 Å². The summed E-state index contributed by atoms with van der Waals surface area (Å²) in [5.74, 6) is 0.425. The molecule has 0 aromatic heterocycles. The largest absolute Gasteiger partial charge is 0.496 e. The predicted molar refractivity (Wildman–Crippen MR) is 92.6 cm³/mol. The van der Waals surface area contributed by atoms with Crippen molar-refractivity contribution in [3.8, 4) is 5.75 Å². The van der Waals surface area contributed by atoms with Crippen molar-refractivity contribution in [2.24, 2.45) is 5.73 Å². The number of amides is 1. The Morgan fingerprint density at radius 3 is 2.18 bits per heavy atom. The van der Waals surface area contributed by atoms with Gasteiger partial charge in [0.1, 0.15) is 5.75 Å². The molecule has 0 spiro atoms. The van der Waals surface area contributed by atoms with E-state index in [9.17, 15) is 4.79 Å². The van der Waals surface area contributed by atoms with Gasteiger partial charge in [-0.05, 0) is 31.4 Å². The number of hydrogen-bond donors (Lipinski definition) is 1.